The Balaban J connectivity index is 2.32. The second-order valence-corrected chi connectivity index (χ2v) is 4.50. The van der Waals surface area contributed by atoms with Gasteiger partial charge in [0.15, 0.2) is 0 Å². The van der Waals surface area contributed by atoms with Gasteiger partial charge in [-0.25, -0.2) is 9.97 Å². The Kier molecular flexibility index (Phi) is 6.11. The lowest BCUT2D eigenvalue weighted by Gasteiger charge is -2.07. The number of ether oxygens (including phenoxy) is 1. The smallest absolute Gasteiger partial charge is 0.316 e. The lowest BCUT2D eigenvalue weighted by Crippen LogP contribution is -2.27. The summed E-state index contributed by atoms with van der Waals surface area (Å²) < 4.78 is 5.15. The van der Waals surface area contributed by atoms with Crippen molar-refractivity contribution in [1.82, 2.24) is 15.3 Å². The maximum atomic E-state index is 11.5. The molecule has 1 aromatic heterocycles. The third kappa shape index (κ3) is 5.61. The van der Waals surface area contributed by atoms with Gasteiger partial charge in [0.05, 0.1) is 6.61 Å². The molecule has 0 aliphatic rings. The molecule has 100 valence electrons. The second-order valence-electron chi connectivity index (χ2n) is 4.50. The molecule has 18 heavy (non-hydrogen) atoms. The summed E-state index contributed by atoms with van der Waals surface area (Å²) in [5, 5.41) is 2.88. The number of aryl methyl sites for hydroxylation is 1. The molecule has 0 spiro atoms. The van der Waals surface area contributed by atoms with Gasteiger partial charge < -0.3 is 10.1 Å². The Morgan fingerprint density at radius 2 is 2.06 bits per heavy atom. The van der Waals surface area contributed by atoms with Crippen LogP contribution in [-0.4, -0.2) is 29.0 Å². The van der Waals surface area contributed by atoms with E-state index in [9.17, 15) is 4.79 Å². The molecule has 0 fully saturated rings. The lowest BCUT2D eigenvalue weighted by molar-refractivity contribution is -0.121. The highest BCUT2D eigenvalue weighted by Crippen LogP contribution is 2.05. The molecular formula is C13H21N3O2. The molecule has 0 aliphatic heterocycles. The average Bonchev–Trinajstić information content (AvgIpc) is 2.36. The number of rotatable bonds is 7. The number of aromatic nitrogens is 2. The third-order valence-electron chi connectivity index (χ3n) is 2.30. The van der Waals surface area contributed by atoms with Gasteiger partial charge in [0.25, 0.3) is 0 Å². The first kappa shape index (κ1) is 14.4. The van der Waals surface area contributed by atoms with Crippen LogP contribution in [0.1, 0.15) is 32.8 Å². The molecule has 1 N–H and O–H groups in total. The topological polar surface area (TPSA) is 64.1 Å². The monoisotopic (exact) mass is 251 g/mol. The number of hydrogen-bond acceptors (Lipinski definition) is 4. The van der Waals surface area contributed by atoms with Gasteiger partial charge in [-0.1, -0.05) is 13.8 Å². The van der Waals surface area contributed by atoms with Crippen molar-refractivity contribution < 1.29 is 9.53 Å². The summed E-state index contributed by atoms with van der Waals surface area (Å²) in [6.07, 6.45) is 4.52. The minimum Gasteiger partial charge on any atom is -0.464 e. The summed E-state index contributed by atoms with van der Waals surface area (Å²) >= 11 is 0. The standard InChI is InChI=1S/C13H21N3O2/c1-4-18-13-15-8-11(9-16-13)5-6-12(17)14-7-10(2)3/h8-10H,4-7H2,1-3H3,(H,14,17). The van der Waals surface area contributed by atoms with Crippen molar-refractivity contribution in [3.05, 3.63) is 18.0 Å². The largest absolute Gasteiger partial charge is 0.464 e. The Morgan fingerprint density at radius 1 is 1.39 bits per heavy atom. The molecule has 0 aliphatic carbocycles. The fourth-order valence-corrected chi connectivity index (χ4v) is 1.34. The van der Waals surface area contributed by atoms with E-state index in [4.69, 9.17) is 4.74 Å². The van der Waals surface area contributed by atoms with Crippen LogP contribution in [0.4, 0.5) is 0 Å². The molecular weight excluding hydrogens is 230 g/mol. The molecule has 5 heteroatoms. The van der Waals surface area contributed by atoms with Crippen molar-refractivity contribution in [3.8, 4) is 6.01 Å². The van der Waals surface area contributed by atoms with Crippen molar-refractivity contribution in [2.45, 2.75) is 33.6 Å². The SMILES string of the molecule is CCOc1ncc(CCC(=O)NCC(C)C)cn1. The van der Waals surface area contributed by atoms with Crippen LogP contribution in [0.25, 0.3) is 0 Å². The minimum atomic E-state index is 0.0672. The van der Waals surface area contributed by atoms with Crippen molar-refractivity contribution in [3.63, 3.8) is 0 Å². The van der Waals surface area contributed by atoms with E-state index in [0.717, 1.165) is 12.1 Å². The molecule has 1 heterocycles. The van der Waals surface area contributed by atoms with Crippen molar-refractivity contribution in [2.75, 3.05) is 13.2 Å². The van der Waals surface area contributed by atoms with Crippen molar-refractivity contribution >= 4 is 5.91 Å². The van der Waals surface area contributed by atoms with Gasteiger partial charge in [0.2, 0.25) is 5.91 Å². The first-order valence-corrected chi connectivity index (χ1v) is 6.32. The van der Waals surface area contributed by atoms with Gasteiger partial charge in [-0.05, 0) is 24.8 Å². The van der Waals surface area contributed by atoms with Gasteiger partial charge in [-0.3, -0.25) is 4.79 Å². The number of nitrogens with zero attached hydrogens (tertiary/aromatic N) is 2. The van der Waals surface area contributed by atoms with E-state index in [2.05, 4.69) is 29.1 Å². The summed E-state index contributed by atoms with van der Waals surface area (Å²) in [5.74, 6) is 0.542. The maximum absolute atomic E-state index is 11.5. The predicted octanol–water partition coefficient (Wildman–Crippen LogP) is 1.58. The zero-order valence-electron chi connectivity index (χ0n) is 11.3. The number of carbonyl (C=O) groups excluding carboxylic acids is 1. The molecule has 0 radical (unpaired) electrons. The van der Waals surface area contributed by atoms with E-state index in [1.165, 1.54) is 0 Å². The van der Waals surface area contributed by atoms with Gasteiger partial charge in [0, 0.05) is 25.4 Å². The molecule has 0 saturated carbocycles. The van der Waals surface area contributed by atoms with E-state index in [-0.39, 0.29) is 5.91 Å². The number of hydrogen-bond donors (Lipinski definition) is 1. The summed E-state index contributed by atoms with van der Waals surface area (Å²) in [4.78, 5) is 19.6. The summed E-state index contributed by atoms with van der Waals surface area (Å²) in [6.45, 7) is 7.30. The third-order valence-corrected chi connectivity index (χ3v) is 2.30. The summed E-state index contributed by atoms with van der Waals surface area (Å²) in [6, 6.07) is 0.380. The molecule has 0 atom stereocenters. The lowest BCUT2D eigenvalue weighted by atomic mass is 10.2. The Labute approximate surface area is 108 Å². The van der Waals surface area contributed by atoms with E-state index >= 15 is 0 Å². The highest BCUT2D eigenvalue weighted by Gasteiger charge is 2.04. The van der Waals surface area contributed by atoms with Crippen molar-refractivity contribution in [1.29, 1.82) is 0 Å². The van der Waals surface area contributed by atoms with Crippen LogP contribution in [0.3, 0.4) is 0 Å². The van der Waals surface area contributed by atoms with Crippen LogP contribution in [0.2, 0.25) is 0 Å². The fourth-order valence-electron chi connectivity index (χ4n) is 1.34. The van der Waals surface area contributed by atoms with Crippen LogP contribution in [0, 0.1) is 5.92 Å². The molecule has 0 saturated heterocycles. The molecule has 1 aromatic rings. The van der Waals surface area contributed by atoms with Crippen LogP contribution >= 0.6 is 0 Å². The maximum Gasteiger partial charge on any atom is 0.316 e. The van der Waals surface area contributed by atoms with Crippen LogP contribution in [-0.2, 0) is 11.2 Å². The van der Waals surface area contributed by atoms with Crippen molar-refractivity contribution in [2.24, 2.45) is 5.92 Å². The van der Waals surface area contributed by atoms with Gasteiger partial charge in [-0.15, -0.1) is 0 Å². The van der Waals surface area contributed by atoms with E-state index < -0.39 is 0 Å². The zero-order valence-corrected chi connectivity index (χ0v) is 11.3. The molecule has 0 unspecified atom stereocenters. The van der Waals surface area contributed by atoms with Gasteiger partial charge in [0.1, 0.15) is 0 Å². The number of nitrogens with one attached hydrogen (secondary N) is 1. The highest BCUT2D eigenvalue weighted by molar-refractivity contribution is 5.76. The normalized spacial score (nSPS) is 10.4. The molecule has 0 aromatic carbocycles. The minimum absolute atomic E-state index is 0.0672. The summed E-state index contributed by atoms with van der Waals surface area (Å²) in [5.41, 5.74) is 0.943. The van der Waals surface area contributed by atoms with Gasteiger partial charge in [-0.2, -0.15) is 0 Å². The van der Waals surface area contributed by atoms with Gasteiger partial charge >= 0.3 is 6.01 Å². The van der Waals surface area contributed by atoms with E-state index in [1.807, 2.05) is 6.92 Å². The number of amides is 1. The molecule has 1 amide bonds. The van der Waals surface area contributed by atoms with E-state index in [0.29, 0.717) is 31.4 Å². The zero-order chi connectivity index (χ0) is 13.4. The molecule has 1 rings (SSSR count). The Bertz CT molecular complexity index is 363. The van der Waals surface area contributed by atoms with E-state index in [1.54, 1.807) is 12.4 Å². The highest BCUT2D eigenvalue weighted by atomic mass is 16.5. The number of carbonyl (C=O) groups is 1. The molecule has 5 nitrogen and oxygen atoms in total. The quantitative estimate of drug-likeness (QED) is 0.799. The van der Waals surface area contributed by atoms with Crippen LogP contribution in [0.15, 0.2) is 12.4 Å². The Hall–Kier alpha value is -1.65. The first-order chi connectivity index (χ1) is 8.61. The average molecular weight is 251 g/mol. The molecule has 0 bridgehead atoms. The van der Waals surface area contributed by atoms with Crippen LogP contribution < -0.4 is 10.1 Å². The van der Waals surface area contributed by atoms with Crippen LogP contribution in [0.5, 0.6) is 6.01 Å². The first-order valence-electron chi connectivity index (χ1n) is 6.32. The predicted molar refractivity (Wildman–Crippen MR) is 69.4 cm³/mol. The second kappa shape index (κ2) is 7.63. The fraction of sp³-hybridized carbons (Fsp3) is 0.615. The Morgan fingerprint density at radius 3 is 2.61 bits per heavy atom. The summed E-state index contributed by atoms with van der Waals surface area (Å²) in [7, 11) is 0.